The van der Waals surface area contributed by atoms with Gasteiger partial charge in [-0.1, -0.05) is 0 Å². The van der Waals surface area contributed by atoms with Gasteiger partial charge in [-0.25, -0.2) is 8.42 Å². The van der Waals surface area contributed by atoms with Gasteiger partial charge in [0.1, 0.15) is 5.75 Å². The summed E-state index contributed by atoms with van der Waals surface area (Å²) in [4.78, 5) is 15.3. The Morgan fingerprint density at radius 1 is 0.969 bits per heavy atom. The van der Waals surface area contributed by atoms with E-state index in [2.05, 4.69) is 10.2 Å². The third kappa shape index (κ3) is 5.07. The number of carbonyl (C=O) groups is 1. The lowest BCUT2D eigenvalue weighted by molar-refractivity contribution is -0.120. The smallest absolute Gasteiger partial charge is 0.243 e. The van der Waals surface area contributed by atoms with Gasteiger partial charge < -0.3 is 15.0 Å². The van der Waals surface area contributed by atoms with Crippen LogP contribution in [0.15, 0.2) is 53.4 Å². The molecule has 2 aliphatic rings. The van der Waals surface area contributed by atoms with Crippen molar-refractivity contribution in [2.45, 2.75) is 37.5 Å². The van der Waals surface area contributed by atoms with Gasteiger partial charge in [0.15, 0.2) is 0 Å². The summed E-state index contributed by atoms with van der Waals surface area (Å²) >= 11 is 0. The molecule has 1 N–H and O–H groups in total. The summed E-state index contributed by atoms with van der Waals surface area (Å²) in [7, 11) is -3.57. The van der Waals surface area contributed by atoms with Crippen LogP contribution in [-0.2, 0) is 14.8 Å². The maximum absolute atomic E-state index is 12.9. The molecule has 2 aliphatic heterocycles. The molecule has 0 saturated carbocycles. The molecule has 7 nitrogen and oxygen atoms in total. The fraction of sp³-hybridized carbons (Fsp3) is 0.458. The van der Waals surface area contributed by atoms with Crippen LogP contribution >= 0.6 is 0 Å². The normalized spacial score (nSPS) is 18.0. The molecule has 0 aliphatic carbocycles. The number of rotatable bonds is 7. The number of hydrogen-bond acceptors (Lipinski definition) is 5. The molecule has 0 unspecified atom stereocenters. The first-order chi connectivity index (χ1) is 15.5. The molecule has 2 saturated heterocycles. The summed E-state index contributed by atoms with van der Waals surface area (Å²) in [5.74, 6) is 0.410. The molecule has 1 amide bonds. The van der Waals surface area contributed by atoms with Crippen molar-refractivity contribution in [3.05, 3.63) is 48.5 Å². The number of anilines is 2. The van der Waals surface area contributed by atoms with Gasteiger partial charge in [0.05, 0.1) is 11.5 Å². The van der Waals surface area contributed by atoms with Gasteiger partial charge in [-0.15, -0.1) is 0 Å². The van der Waals surface area contributed by atoms with Crippen molar-refractivity contribution in [3.8, 4) is 5.75 Å². The van der Waals surface area contributed by atoms with Crippen molar-refractivity contribution >= 4 is 27.3 Å². The summed E-state index contributed by atoms with van der Waals surface area (Å²) < 4.78 is 32.7. The Bertz CT molecular complexity index is 1010. The molecule has 0 atom stereocenters. The van der Waals surface area contributed by atoms with Gasteiger partial charge in [-0.3, -0.25) is 4.79 Å². The number of ether oxygens (including phenoxy) is 1. The van der Waals surface area contributed by atoms with E-state index >= 15 is 0 Å². The molecule has 2 aromatic carbocycles. The van der Waals surface area contributed by atoms with E-state index in [1.807, 2.05) is 31.2 Å². The van der Waals surface area contributed by atoms with Crippen LogP contribution in [0.25, 0.3) is 0 Å². The van der Waals surface area contributed by atoms with Gasteiger partial charge in [0.25, 0.3) is 0 Å². The molecule has 0 aromatic heterocycles. The predicted molar refractivity (Wildman–Crippen MR) is 126 cm³/mol. The maximum atomic E-state index is 12.9. The third-order valence-corrected chi connectivity index (χ3v) is 8.12. The zero-order valence-corrected chi connectivity index (χ0v) is 19.3. The van der Waals surface area contributed by atoms with Gasteiger partial charge in [-0.05, 0) is 81.1 Å². The van der Waals surface area contributed by atoms with Crippen LogP contribution in [0.1, 0.15) is 32.6 Å². The monoisotopic (exact) mass is 457 g/mol. The molecular formula is C24H31N3O4S. The van der Waals surface area contributed by atoms with E-state index in [9.17, 15) is 13.2 Å². The van der Waals surface area contributed by atoms with E-state index in [0.717, 1.165) is 18.8 Å². The van der Waals surface area contributed by atoms with Crippen LogP contribution in [0.2, 0.25) is 0 Å². The second kappa shape index (κ2) is 9.92. The summed E-state index contributed by atoms with van der Waals surface area (Å²) in [5.41, 5.74) is 1.97. The van der Waals surface area contributed by atoms with Crippen molar-refractivity contribution in [2.75, 3.05) is 43.0 Å². The van der Waals surface area contributed by atoms with E-state index in [1.54, 1.807) is 24.3 Å². The lowest BCUT2D eigenvalue weighted by Crippen LogP contribution is -2.41. The average Bonchev–Trinajstić information content (AvgIpc) is 3.35. The Morgan fingerprint density at radius 3 is 2.19 bits per heavy atom. The summed E-state index contributed by atoms with van der Waals surface area (Å²) in [5, 5.41) is 2.99. The largest absolute Gasteiger partial charge is 0.494 e. The van der Waals surface area contributed by atoms with Crippen LogP contribution in [0.5, 0.6) is 5.75 Å². The molecule has 32 heavy (non-hydrogen) atoms. The maximum Gasteiger partial charge on any atom is 0.243 e. The molecular weight excluding hydrogens is 426 g/mol. The molecule has 172 valence electrons. The van der Waals surface area contributed by atoms with E-state index in [4.69, 9.17) is 4.74 Å². The molecule has 2 aromatic rings. The Balaban J connectivity index is 1.31. The SMILES string of the molecule is CCOc1ccc(S(=O)(=O)N2CCC(C(=O)Nc3ccc(N4CCCC4)cc3)CC2)cc1. The van der Waals surface area contributed by atoms with Gasteiger partial charge in [-0.2, -0.15) is 4.31 Å². The summed E-state index contributed by atoms with van der Waals surface area (Å²) in [6, 6.07) is 14.5. The van der Waals surface area contributed by atoms with E-state index in [1.165, 1.54) is 22.8 Å². The highest BCUT2D eigenvalue weighted by Gasteiger charge is 2.32. The van der Waals surface area contributed by atoms with Gasteiger partial charge in [0.2, 0.25) is 15.9 Å². The Morgan fingerprint density at radius 2 is 1.59 bits per heavy atom. The Kier molecular flexibility index (Phi) is 7.01. The average molecular weight is 458 g/mol. The topological polar surface area (TPSA) is 79.0 Å². The first-order valence-electron chi connectivity index (χ1n) is 11.4. The zero-order valence-electron chi connectivity index (χ0n) is 18.5. The third-order valence-electron chi connectivity index (χ3n) is 6.20. The van der Waals surface area contributed by atoms with Gasteiger partial charge in [0, 0.05) is 43.5 Å². The van der Waals surface area contributed by atoms with Gasteiger partial charge >= 0.3 is 0 Å². The first-order valence-corrected chi connectivity index (χ1v) is 12.8. The number of carbonyl (C=O) groups excluding carboxylic acids is 1. The van der Waals surface area contributed by atoms with Crippen molar-refractivity contribution in [1.29, 1.82) is 0 Å². The molecule has 2 heterocycles. The standard InChI is InChI=1S/C24H31N3O4S/c1-2-31-22-9-11-23(12-10-22)32(29,30)27-17-13-19(14-18-27)24(28)25-20-5-7-21(8-6-20)26-15-3-4-16-26/h5-12,19H,2-4,13-18H2,1H3,(H,25,28). The number of piperidine rings is 1. The van der Waals surface area contributed by atoms with Crippen LogP contribution in [-0.4, -0.2) is 51.4 Å². The first kappa shape index (κ1) is 22.6. The highest BCUT2D eigenvalue weighted by Crippen LogP contribution is 2.27. The predicted octanol–water partition coefficient (Wildman–Crippen LogP) is 3.72. The van der Waals surface area contributed by atoms with E-state index in [0.29, 0.717) is 38.3 Å². The Labute approximate surface area is 190 Å². The second-order valence-corrected chi connectivity index (χ2v) is 10.3. The quantitative estimate of drug-likeness (QED) is 0.686. The van der Waals surface area contributed by atoms with Crippen molar-refractivity contribution in [2.24, 2.45) is 5.92 Å². The molecule has 8 heteroatoms. The van der Waals surface area contributed by atoms with Crippen LogP contribution < -0.4 is 15.0 Å². The fourth-order valence-corrected chi connectivity index (χ4v) is 5.83. The molecule has 4 rings (SSSR count). The second-order valence-electron chi connectivity index (χ2n) is 8.31. The minimum Gasteiger partial charge on any atom is -0.494 e. The zero-order chi connectivity index (χ0) is 22.6. The summed E-state index contributed by atoms with van der Waals surface area (Å²) in [6.07, 6.45) is 3.47. The molecule has 2 fully saturated rings. The Hall–Kier alpha value is -2.58. The van der Waals surface area contributed by atoms with Crippen LogP contribution in [0.4, 0.5) is 11.4 Å². The number of amides is 1. The van der Waals surface area contributed by atoms with Crippen LogP contribution in [0.3, 0.4) is 0 Å². The molecule has 0 bridgehead atoms. The number of nitrogens with one attached hydrogen (secondary N) is 1. The van der Waals surface area contributed by atoms with Crippen molar-refractivity contribution < 1.29 is 17.9 Å². The number of hydrogen-bond donors (Lipinski definition) is 1. The van der Waals surface area contributed by atoms with Crippen LogP contribution in [0, 0.1) is 5.92 Å². The molecule has 0 spiro atoms. The van der Waals surface area contributed by atoms with Crippen molar-refractivity contribution in [1.82, 2.24) is 4.31 Å². The fourth-order valence-electron chi connectivity index (χ4n) is 4.36. The highest BCUT2D eigenvalue weighted by atomic mass is 32.2. The minimum atomic E-state index is -3.57. The molecule has 0 radical (unpaired) electrons. The lowest BCUT2D eigenvalue weighted by atomic mass is 9.97. The van der Waals surface area contributed by atoms with E-state index < -0.39 is 10.0 Å². The summed E-state index contributed by atoms with van der Waals surface area (Å²) in [6.45, 7) is 5.26. The minimum absolute atomic E-state index is 0.0444. The highest BCUT2D eigenvalue weighted by molar-refractivity contribution is 7.89. The van der Waals surface area contributed by atoms with E-state index in [-0.39, 0.29) is 16.7 Å². The number of benzene rings is 2. The number of sulfonamides is 1. The number of nitrogens with zero attached hydrogens (tertiary/aromatic N) is 2. The van der Waals surface area contributed by atoms with Crippen molar-refractivity contribution in [3.63, 3.8) is 0 Å². The lowest BCUT2D eigenvalue weighted by Gasteiger charge is -2.30.